The van der Waals surface area contributed by atoms with Gasteiger partial charge in [-0.05, 0) is 26.7 Å². The molecule has 4 N–H and O–H groups in total. The molecule has 0 radical (unpaired) electrons. The summed E-state index contributed by atoms with van der Waals surface area (Å²) in [6.07, 6.45) is 5.21. The number of nitrogens with two attached hydrogens (primary N) is 1. The van der Waals surface area contributed by atoms with Crippen molar-refractivity contribution in [3.05, 3.63) is 18.2 Å². The monoisotopic (exact) mass is 254 g/mol. The Morgan fingerprint density at radius 2 is 2.22 bits per heavy atom. The average Bonchev–Trinajstić information content (AvgIpc) is 2.73. The van der Waals surface area contributed by atoms with Gasteiger partial charge in [-0.15, -0.1) is 0 Å². The second-order valence-electron chi connectivity index (χ2n) is 4.95. The van der Waals surface area contributed by atoms with Crippen LogP contribution in [-0.4, -0.2) is 33.3 Å². The van der Waals surface area contributed by atoms with E-state index in [0.717, 1.165) is 25.1 Å². The van der Waals surface area contributed by atoms with Gasteiger partial charge in [0, 0.05) is 25.3 Å². The SMILES string of the molecule is CCCn1cncc1C(CN)NC(C)CC(C)O. The molecule has 0 aliphatic carbocycles. The topological polar surface area (TPSA) is 76.1 Å². The van der Waals surface area contributed by atoms with Crippen LogP contribution in [0.1, 0.15) is 45.3 Å². The molecule has 104 valence electrons. The normalized spacial score (nSPS) is 16.5. The number of aliphatic hydroxyl groups excluding tert-OH is 1. The number of hydrogen-bond acceptors (Lipinski definition) is 4. The van der Waals surface area contributed by atoms with Gasteiger partial charge in [-0.1, -0.05) is 6.92 Å². The molecule has 5 nitrogen and oxygen atoms in total. The molecule has 3 unspecified atom stereocenters. The minimum atomic E-state index is -0.300. The first-order valence-electron chi connectivity index (χ1n) is 6.72. The van der Waals surface area contributed by atoms with E-state index in [1.807, 2.05) is 12.5 Å². The third-order valence-corrected chi connectivity index (χ3v) is 2.98. The Labute approximate surface area is 109 Å². The first-order chi connectivity index (χ1) is 8.58. The van der Waals surface area contributed by atoms with Crippen LogP contribution >= 0.6 is 0 Å². The summed E-state index contributed by atoms with van der Waals surface area (Å²) in [6, 6.07) is 0.316. The van der Waals surface area contributed by atoms with Gasteiger partial charge < -0.3 is 20.7 Å². The maximum Gasteiger partial charge on any atom is 0.0948 e. The number of imidazole rings is 1. The third kappa shape index (κ3) is 4.40. The number of aromatic nitrogens is 2. The van der Waals surface area contributed by atoms with Gasteiger partial charge in [-0.25, -0.2) is 4.98 Å². The number of nitrogens with one attached hydrogen (secondary N) is 1. The van der Waals surface area contributed by atoms with E-state index in [1.54, 1.807) is 6.92 Å². The van der Waals surface area contributed by atoms with Crippen LogP contribution in [0.15, 0.2) is 12.5 Å². The summed E-state index contributed by atoms with van der Waals surface area (Å²) in [5.74, 6) is 0. The molecule has 18 heavy (non-hydrogen) atoms. The summed E-state index contributed by atoms with van der Waals surface area (Å²) < 4.78 is 2.14. The predicted molar refractivity (Wildman–Crippen MR) is 73.2 cm³/mol. The van der Waals surface area contributed by atoms with Crippen molar-refractivity contribution in [2.75, 3.05) is 6.54 Å². The summed E-state index contributed by atoms with van der Waals surface area (Å²) in [6.45, 7) is 7.50. The Morgan fingerprint density at radius 1 is 1.50 bits per heavy atom. The number of hydrogen-bond donors (Lipinski definition) is 3. The molecule has 5 heteroatoms. The molecular formula is C13H26N4O. The number of nitrogens with zero attached hydrogens (tertiary/aromatic N) is 2. The molecule has 0 aliphatic rings. The van der Waals surface area contributed by atoms with E-state index in [9.17, 15) is 5.11 Å². The molecule has 0 fully saturated rings. The van der Waals surface area contributed by atoms with Crippen LogP contribution in [0.5, 0.6) is 0 Å². The van der Waals surface area contributed by atoms with E-state index < -0.39 is 0 Å². The second-order valence-corrected chi connectivity index (χ2v) is 4.95. The summed E-state index contributed by atoms with van der Waals surface area (Å²) in [5, 5.41) is 12.8. The zero-order chi connectivity index (χ0) is 13.5. The van der Waals surface area contributed by atoms with Crippen molar-refractivity contribution in [1.82, 2.24) is 14.9 Å². The fourth-order valence-electron chi connectivity index (χ4n) is 2.25. The van der Waals surface area contributed by atoms with E-state index in [1.165, 1.54) is 0 Å². The molecule has 0 amide bonds. The van der Waals surface area contributed by atoms with Crippen LogP contribution in [0, 0.1) is 0 Å². The highest BCUT2D eigenvalue weighted by Gasteiger charge is 2.17. The van der Waals surface area contributed by atoms with Crippen molar-refractivity contribution >= 4 is 0 Å². The van der Waals surface area contributed by atoms with E-state index in [0.29, 0.717) is 6.54 Å². The molecule has 0 saturated heterocycles. The Balaban J connectivity index is 2.67. The highest BCUT2D eigenvalue weighted by atomic mass is 16.3. The van der Waals surface area contributed by atoms with Gasteiger partial charge in [0.2, 0.25) is 0 Å². The molecular weight excluding hydrogens is 228 g/mol. The quantitative estimate of drug-likeness (QED) is 0.648. The van der Waals surface area contributed by atoms with Gasteiger partial charge in [0.1, 0.15) is 0 Å². The molecule has 0 saturated carbocycles. The predicted octanol–water partition coefficient (Wildman–Crippen LogP) is 1.04. The Kier molecular flexibility index (Phi) is 6.32. The smallest absolute Gasteiger partial charge is 0.0948 e. The third-order valence-electron chi connectivity index (χ3n) is 2.98. The molecule has 3 atom stereocenters. The zero-order valence-corrected chi connectivity index (χ0v) is 11.6. The van der Waals surface area contributed by atoms with Crippen molar-refractivity contribution in [3.8, 4) is 0 Å². The van der Waals surface area contributed by atoms with Gasteiger partial charge >= 0.3 is 0 Å². The van der Waals surface area contributed by atoms with E-state index in [2.05, 4.69) is 28.7 Å². The van der Waals surface area contributed by atoms with E-state index >= 15 is 0 Å². The number of rotatable bonds is 8. The largest absolute Gasteiger partial charge is 0.393 e. The number of aryl methyl sites for hydroxylation is 1. The molecule has 1 rings (SSSR count). The molecule has 0 aromatic carbocycles. The van der Waals surface area contributed by atoms with Gasteiger partial charge in [-0.3, -0.25) is 0 Å². The lowest BCUT2D eigenvalue weighted by molar-refractivity contribution is 0.167. The lowest BCUT2D eigenvalue weighted by Crippen LogP contribution is -2.37. The Hall–Kier alpha value is -0.910. The lowest BCUT2D eigenvalue weighted by atomic mass is 10.1. The van der Waals surface area contributed by atoms with Crippen LogP contribution in [0.25, 0.3) is 0 Å². The van der Waals surface area contributed by atoms with Crippen LogP contribution < -0.4 is 11.1 Å². The first-order valence-corrected chi connectivity index (χ1v) is 6.72. The lowest BCUT2D eigenvalue weighted by Gasteiger charge is -2.24. The second kappa shape index (κ2) is 7.51. The van der Waals surface area contributed by atoms with Crippen molar-refractivity contribution in [3.63, 3.8) is 0 Å². The van der Waals surface area contributed by atoms with Crippen LogP contribution in [0.4, 0.5) is 0 Å². The van der Waals surface area contributed by atoms with Crippen LogP contribution in [-0.2, 0) is 6.54 Å². The minimum Gasteiger partial charge on any atom is -0.393 e. The maximum atomic E-state index is 9.39. The van der Waals surface area contributed by atoms with Crippen molar-refractivity contribution < 1.29 is 5.11 Å². The summed E-state index contributed by atoms with van der Waals surface area (Å²) in [7, 11) is 0. The van der Waals surface area contributed by atoms with E-state index in [-0.39, 0.29) is 18.2 Å². The summed E-state index contributed by atoms with van der Waals surface area (Å²) in [4.78, 5) is 4.20. The fourth-order valence-corrected chi connectivity index (χ4v) is 2.25. The first kappa shape index (κ1) is 15.1. The zero-order valence-electron chi connectivity index (χ0n) is 11.6. The van der Waals surface area contributed by atoms with Crippen molar-refractivity contribution in [2.24, 2.45) is 5.73 Å². The van der Waals surface area contributed by atoms with E-state index in [4.69, 9.17) is 5.73 Å². The Morgan fingerprint density at radius 3 is 2.78 bits per heavy atom. The molecule has 1 aromatic rings. The van der Waals surface area contributed by atoms with Gasteiger partial charge in [-0.2, -0.15) is 0 Å². The van der Waals surface area contributed by atoms with Gasteiger partial charge in [0.05, 0.1) is 24.2 Å². The van der Waals surface area contributed by atoms with Crippen molar-refractivity contribution in [1.29, 1.82) is 0 Å². The standard InChI is InChI=1S/C13H26N4O/c1-4-5-17-9-15-8-13(17)12(7-14)16-10(2)6-11(3)18/h8-12,16,18H,4-7,14H2,1-3H3. The average molecular weight is 254 g/mol. The minimum absolute atomic E-state index is 0.0906. The summed E-state index contributed by atoms with van der Waals surface area (Å²) in [5.41, 5.74) is 6.96. The molecule has 1 heterocycles. The van der Waals surface area contributed by atoms with Crippen LogP contribution in [0.3, 0.4) is 0 Å². The molecule has 0 aliphatic heterocycles. The van der Waals surface area contributed by atoms with Gasteiger partial charge in [0.25, 0.3) is 0 Å². The molecule has 0 spiro atoms. The molecule has 1 aromatic heterocycles. The Bertz CT molecular complexity index is 337. The highest BCUT2D eigenvalue weighted by Crippen LogP contribution is 2.14. The molecule has 0 bridgehead atoms. The van der Waals surface area contributed by atoms with Crippen LogP contribution in [0.2, 0.25) is 0 Å². The fraction of sp³-hybridized carbons (Fsp3) is 0.769. The van der Waals surface area contributed by atoms with Crippen molar-refractivity contribution in [2.45, 2.75) is 58.3 Å². The number of aliphatic hydroxyl groups is 1. The highest BCUT2D eigenvalue weighted by molar-refractivity contribution is 5.06. The van der Waals surface area contributed by atoms with Gasteiger partial charge in [0.15, 0.2) is 0 Å². The summed E-state index contributed by atoms with van der Waals surface area (Å²) >= 11 is 0. The maximum absolute atomic E-state index is 9.39.